The van der Waals surface area contributed by atoms with Gasteiger partial charge in [-0.2, -0.15) is 0 Å². The molecule has 1 rings (SSSR count). The fraction of sp³-hybridized carbons (Fsp3) is 0.250. The fourth-order valence-electron chi connectivity index (χ4n) is 0.915. The Bertz CT molecular complexity index is 431. The molecule has 1 N–H and O–H groups in total. The third-order valence-electron chi connectivity index (χ3n) is 1.57. The number of hydrogen-bond donors (Lipinski definition) is 1. The van der Waals surface area contributed by atoms with Crippen LogP contribution in [0, 0.1) is 6.92 Å². The zero-order valence-electron chi connectivity index (χ0n) is 7.42. The number of anilines is 1. The number of sulfonamides is 1. The number of rotatable bonds is 3. The second-order valence-electron chi connectivity index (χ2n) is 2.79. The molecular formula is C8H9Br2NO2S. The zero-order chi connectivity index (χ0) is 10.8. The summed E-state index contributed by atoms with van der Waals surface area (Å²) in [6.45, 7) is 1.90. The van der Waals surface area contributed by atoms with Gasteiger partial charge in [-0.15, -0.1) is 0 Å². The predicted octanol–water partition coefficient (Wildman–Crippen LogP) is 2.85. The molecule has 14 heavy (non-hydrogen) atoms. The van der Waals surface area contributed by atoms with Crippen LogP contribution >= 0.6 is 31.9 Å². The summed E-state index contributed by atoms with van der Waals surface area (Å²) in [4.78, 5) is 0. The van der Waals surface area contributed by atoms with Crippen molar-refractivity contribution in [3.05, 3.63) is 28.2 Å². The van der Waals surface area contributed by atoms with Crippen LogP contribution in [0.2, 0.25) is 0 Å². The van der Waals surface area contributed by atoms with Crippen molar-refractivity contribution < 1.29 is 8.42 Å². The minimum Gasteiger partial charge on any atom is -0.283 e. The molecule has 78 valence electrons. The van der Waals surface area contributed by atoms with Gasteiger partial charge in [0.05, 0.1) is 0 Å². The summed E-state index contributed by atoms with van der Waals surface area (Å²) in [6.07, 6.45) is 0. The van der Waals surface area contributed by atoms with Gasteiger partial charge < -0.3 is 0 Å². The Morgan fingerprint density at radius 1 is 1.43 bits per heavy atom. The molecule has 0 amide bonds. The molecule has 0 bridgehead atoms. The molecule has 0 aliphatic heterocycles. The molecule has 0 radical (unpaired) electrons. The molecule has 0 aliphatic carbocycles. The van der Waals surface area contributed by atoms with E-state index < -0.39 is 10.0 Å². The lowest BCUT2D eigenvalue weighted by molar-refractivity contribution is 0.606. The fourth-order valence-corrected chi connectivity index (χ4v) is 2.05. The summed E-state index contributed by atoms with van der Waals surface area (Å²) in [6, 6.07) is 5.28. The topological polar surface area (TPSA) is 46.2 Å². The van der Waals surface area contributed by atoms with E-state index >= 15 is 0 Å². The first-order chi connectivity index (χ1) is 6.44. The summed E-state index contributed by atoms with van der Waals surface area (Å²) in [7, 11) is -3.25. The van der Waals surface area contributed by atoms with E-state index in [9.17, 15) is 8.42 Å². The molecule has 0 unspecified atom stereocenters. The lowest BCUT2D eigenvalue weighted by Gasteiger charge is -2.06. The minimum absolute atomic E-state index is 0.102. The van der Waals surface area contributed by atoms with Crippen LogP contribution in [0.25, 0.3) is 0 Å². The largest absolute Gasteiger partial charge is 0.283 e. The van der Waals surface area contributed by atoms with Crippen LogP contribution in [-0.4, -0.2) is 13.1 Å². The second-order valence-corrected chi connectivity index (χ2v) is 6.67. The van der Waals surface area contributed by atoms with Crippen molar-refractivity contribution in [1.29, 1.82) is 0 Å². The molecule has 1 aromatic rings. The van der Waals surface area contributed by atoms with E-state index in [1.54, 1.807) is 18.2 Å². The highest BCUT2D eigenvalue weighted by molar-refractivity contribution is 9.11. The maximum absolute atomic E-state index is 11.2. The van der Waals surface area contributed by atoms with Crippen LogP contribution in [0.4, 0.5) is 5.69 Å². The Balaban J connectivity index is 2.94. The molecule has 0 saturated heterocycles. The van der Waals surface area contributed by atoms with Gasteiger partial charge in [0, 0.05) is 10.2 Å². The SMILES string of the molecule is Cc1cc(NS(=O)(=O)CBr)ccc1Br. The molecule has 0 aromatic heterocycles. The Morgan fingerprint density at radius 2 is 2.07 bits per heavy atom. The quantitative estimate of drug-likeness (QED) is 0.858. The smallest absolute Gasteiger partial charge is 0.242 e. The first kappa shape index (κ1) is 12.0. The second kappa shape index (κ2) is 4.63. The van der Waals surface area contributed by atoms with Gasteiger partial charge in [-0.05, 0) is 30.7 Å². The first-order valence-electron chi connectivity index (χ1n) is 3.77. The van der Waals surface area contributed by atoms with Gasteiger partial charge in [-0.25, -0.2) is 8.42 Å². The van der Waals surface area contributed by atoms with Gasteiger partial charge in [-0.1, -0.05) is 31.9 Å². The van der Waals surface area contributed by atoms with E-state index in [-0.39, 0.29) is 4.66 Å². The van der Waals surface area contributed by atoms with E-state index in [1.807, 2.05) is 6.92 Å². The Morgan fingerprint density at radius 3 is 2.57 bits per heavy atom. The van der Waals surface area contributed by atoms with Gasteiger partial charge in [0.2, 0.25) is 10.0 Å². The molecule has 0 atom stereocenters. The summed E-state index contributed by atoms with van der Waals surface area (Å²) in [5.74, 6) is 0. The van der Waals surface area contributed by atoms with Gasteiger partial charge in [0.1, 0.15) is 4.66 Å². The predicted molar refractivity (Wildman–Crippen MR) is 65.2 cm³/mol. The van der Waals surface area contributed by atoms with E-state index in [4.69, 9.17) is 0 Å². The van der Waals surface area contributed by atoms with Crippen LogP contribution in [-0.2, 0) is 10.0 Å². The highest BCUT2D eigenvalue weighted by Gasteiger charge is 2.07. The molecular weight excluding hydrogens is 334 g/mol. The molecule has 0 heterocycles. The standard InChI is InChI=1S/C8H9Br2NO2S/c1-6-4-7(2-3-8(6)10)11-14(12,13)5-9/h2-4,11H,5H2,1H3. The Kier molecular flexibility index (Phi) is 3.97. The van der Waals surface area contributed by atoms with Crippen molar-refractivity contribution >= 4 is 47.6 Å². The number of benzene rings is 1. The lowest BCUT2D eigenvalue weighted by Crippen LogP contribution is -2.13. The molecule has 0 saturated carbocycles. The summed E-state index contributed by atoms with van der Waals surface area (Å²) < 4.78 is 25.7. The van der Waals surface area contributed by atoms with E-state index in [0.29, 0.717) is 5.69 Å². The monoisotopic (exact) mass is 341 g/mol. The molecule has 0 aliphatic rings. The third kappa shape index (κ3) is 3.25. The summed E-state index contributed by atoms with van der Waals surface area (Å²) in [5, 5.41) is 0. The van der Waals surface area contributed by atoms with Crippen LogP contribution in [0.15, 0.2) is 22.7 Å². The van der Waals surface area contributed by atoms with Crippen LogP contribution in [0.5, 0.6) is 0 Å². The maximum Gasteiger partial charge on any atom is 0.242 e. The number of halogens is 2. The molecule has 1 aromatic carbocycles. The van der Waals surface area contributed by atoms with Crippen molar-refractivity contribution in [1.82, 2.24) is 0 Å². The Labute approximate surface area is 100 Å². The van der Waals surface area contributed by atoms with Gasteiger partial charge >= 0.3 is 0 Å². The number of nitrogens with one attached hydrogen (secondary N) is 1. The van der Waals surface area contributed by atoms with Crippen LogP contribution in [0.3, 0.4) is 0 Å². The van der Waals surface area contributed by atoms with Crippen LogP contribution in [0.1, 0.15) is 5.56 Å². The van der Waals surface area contributed by atoms with Gasteiger partial charge in [0.25, 0.3) is 0 Å². The van der Waals surface area contributed by atoms with Crippen LogP contribution < -0.4 is 4.72 Å². The van der Waals surface area contributed by atoms with E-state index in [0.717, 1.165) is 10.0 Å². The van der Waals surface area contributed by atoms with Crippen molar-refractivity contribution in [3.63, 3.8) is 0 Å². The van der Waals surface area contributed by atoms with Crippen molar-refractivity contribution in [2.75, 3.05) is 9.38 Å². The van der Waals surface area contributed by atoms with Crippen molar-refractivity contribution in [2.24, 2.45) is 0 Å². The highest BCUT2D eigenvalue weighted by Crippen LogP contribution is 2.20. The van der Waals surface area contributed by atoms with Crippen molar-refractivity contribution in [3.8, 4) is 0 Å². The van der Waals surface area contributed by atoms with Gasteiger partial charge in [0.15, 0.2) is 0 Å². The summed E-state index contributed by atoms with van der Waals surface area (Å²) >= 11 is 6.24. The Hall–Kier alpha value is -0.0700. The number of aryl methyl sites for hydroxylation is 1. The number of hydrogen-bond acceptors (Lipinski definition) is 2. The zero-order valence-corrected chi connectivity index (χ0v) is 11.4. The minimum atomic E-state index is -3.25. The maximum atomic E-state index is 11.2. The van der Waals surface area contributed by atoms with E-state index in [1.165, 1.54) is 0 Å². The lowest BCUT2D eigenvalue weighted by atomic mass is 10.2. The highest BCUT2D eigenvalue weighted by atomic mass is 79.9. The van der Waals surface area contributed by atoms with Gasteiger partial charge in [-0.3, -0.25) is 4.72 Å². The molecule has 0 spiro atoms. The molecule has 0 fully saturated rings. The average Bonchev–Trinajstić information content (AvgIpc) is 2.11. The normalized spacial score (nSPS) is 11.4. The first-order valence-corrected chi connectivity index (χ1v) is 7.34. The van der Waals surface area contributed by atoms with Crippen molar-refractivity contribution in [2.45, 2.75) is 6.92 Å². The molecule has 6 heteroatoms. The van der Waals surface area contributed by atoms with E-state index in [2.05, 4.69) is 36.6 Å². The average molecular weight is 343 g/mol. The third-order valence-corrected chi connectivity index (χ3v) is 5.11. The molecule has 3 nitrogen and oxygen atoms in total. The number of alkyl halides is 1. The summed E-state index contributed by atoms with van der Waals surface area (Å²) in [5.41, 5.74) is 1.56.